The van der Waals surface area contributed by atoms with Crippen LogP contribution in [0.2, 0.25) is 0 Å². The van der Waals surface area contributed by atoms with Crippen LogP contribution in [-0.2, 0) is 16.1 Å². The molecule has 2 heterocycles. The zero-order chi connectivity index (χ0) is 19.5. The number of thiazole rings is 1. The van der Waals surface area contributed by atoms with Gasteiger partial charge in [-0.3, -0.25) is 9.59 Å². The molecule has 28 heavy (non-hydrogen) atoms. The van der Waals surface area contributed by atoms with Gasteiger partial charge in [0.25, 0.3) is 0 Å². The molecule has 0 saturated heterocycles. The highest BCUT2D eigenvalue weighted by Gasteiger charge is 2.16. The minimum Gasteiger partial charge on any atom is -0.326 e. The first-order valence-corrected chi connectivity index (χ1v) is 9.56. The normalized spacial score (nSPS) is 10.8. The average molecular weight is 391 g/mol. The van der Waals surface area contributed by atoms with Crippen molar-refractivity contribution in [1.29, 1.82) is 0 Å². The van der Waals surface area contributed by atoms with Crippen molar-refractivity contribution in [2.45, 2.75) is 13.5 Å². The van der Waals surface area contributed by atoms with E-state index in [1.54, 1.807) is 29.8 Å². The standard InChI is InChI=1S/C20H17N5O2S/c1-13(26)22-14-6-8-15(9-7-14)23-19(27)10-25-18-5-3-2-4-16(18)24-20(25)17-11-28-12-21-17/h2-9,11-12H,10H2,1H3,(H,22,26)(H,23,27). The fourth-order valence-corrected chi connectivity index (χ4v) is 3.47. The summed E-state index contributed by atoms with van der Waals surface area (Å²) in [5.74, 6) is 0.351. The molecule has 0 fully saturated rings. The molecule has 2 N–H and O–H groups in total. The molecule has 0 saturated carbocycles. The largest absolute Gasteiger partial charge is 0.326 e. The molecule has 2 amide bonds. The molecule has 140 valence electrons. The number of amides is 2. The van der Waals surface area contributed by atoms with Gasteiger partial charge in [0.2, 0.25) is 11.8 Å². The van der Waals surface area contributed by atoms with E-state index in [0.717, 1.165) is 16.7 Å². The van der Waals surface area contributed by atoms with Crippen molar-refractivity contribution in [2.24, 2.45) is 0 Å². The lowest BCUT2D eigenvalue weighted by molar-refractivity contribution is -0.116. The van der Waals surface area contributed by atoms with Crippen LogP contribution in [0.4, 0.5) is 11.4 Å². The van der Waals surface area contributed by atoms with Gasteiger partial charge in [0.15, 0.2) is 5.82 Å². The van der Waals surface area contributed by atoms with Crippen molar-refractivity contribution in [3.63, 3.8) is 0 Å². The molecule has 8 heteroatoms. The van der Waals surface area contributed by atoms with Gasteiger partial charge >= 0.3 is 0 Å². The molecule has 0 aliphatic heterocycles. The number of rotatable bonds is 5. The first-order valence-electron chi connectivity index (χ1n) is 8.61. The number of carbonyl (C=O) groups is 2. The molecule has 0 unspecified atom stereocenters. The van der Waals surface area contributed by atoms with Crippen molar-refractivity contribution in [1.82, 2.24) is 14.5 Å². The topological polar surface area (TPSA) is 88.9 Å². The molecule has 2 aromatic carbocycles. The number of carbonyl (C=O) groups excluding carboxylic acids is 2. The lowest BCUT2D eigenvalue weighted by Crippen LogP contribution is -2.19. The van der Waals surface area contributed by atoms with Crippen molar-refractivity contribution < 1.29 is 9.59 Å². The van der Waals surface area contributed by atoms with Crippen LogP contribution >= 0.6 is 11.3 Å². The number of nitrogens with zero attached hydrogens (tertiary/aromatic N) is 3. The van der Waals surface area contributed by atoms with Crippen LogP contribution in [0.5, 0.6) is 0 Å². The van der Waals surface area contributed by atoms with Gasteiger partial charge in [-0.2, -0.15) is 0 Å². The molecule has 2 aromatic heterocycles. The van der Waals surface area contributed by atoms with Gasteiger partial charge in [-0.15, -0.1) is 11.3 Å². The highest BCUT2D eigenvalue weighted by Crippen LogP contribution is 2.25. The number of aromatic nitrogens is 3. The van der Waals surface area contributed by atoms with Gasteiger partial charge in [0, 0.05) is 23.7 Å². The quantitative estimate of drug-likeness (QED) is 0.542. The summed E-state index contributed by atoms with van der Waals surface area (Å²) < 4.78 is 1.87. The van der Waals surface area contributed by atoms with E-state index in [9.17, 15) is 9.59 Å². The molecule has 7 nitrogen and oxygen atoms in total. The highest BCUT2D eigenvalue weighted by atomic mass is 32.1. The number of anilines is 2. The van der Waals surface area contributed by atoms with Crippen molar-refractivity contribution in [2.75, 3.05) is 10.6 Å². The molecule has 0 spiro atoms. The number of hydrogen-bond donors (Lipinski definition) is 2. The summed E-state index contributed by atoms with van der Waals surface area (Å²) in [6.45, 7) is 1.56. The number of benzene rings is 2. The van der Waals surface area contributed by atoms with Gasteiger partial charge < -0.3 is 15.2 Å². The van der Waals surface area contributed by atoms with Gasteiger partial charge in [0.05, 0.1) is 16.5 Å². The van der Waals surface area contributed by atoms with Crippen molar-refractivity contribution in [3.8, 4) is 11.5 Å². The summed E-state index contributed by atoms with van der Waals surface area (Å²) in [6.07, 6.45) is 0. The molecule has 0 aliphatic rings. The Kier molecular flexibility index (Phi) is 4.86. The van der Waals surface area contributed by atoms with Crippen molar-refractivity contribution in [3.05, 3.63) is 59.4 Å². The van der Waals surface area contributed by atoms with E-state index >= 15 is 0 Å². The van der Waals surface area contributed by atoms with Crippen molar-refractivity contribution >= 4 is 45.6 Å². The number of fused-ring (bicyclic) bond motifs is 1. The van der Waals surface area contributed by atoms with E-state index in [-0.39, 0.29) is 18.4 Å². The Labute approximate surface area is 165 Å². The Morgan fingerprint density at radius 3 is 2.43 bits per heavy atom. The molecule has 0 aliphatic carbocycles. The number of imidazole rings is 1. The second kappa shape index (κ2) is 7.61. The summed E-state index contributed by atoms with van der Waals surface area (Å²) in [7, 11) is 0. The Hall–Kier alpha value is -3.52. The Bertz CT molecular complexity index is 1130. The lowest BCUT2D eigenvalue weighted by Gasteiger charge is -2.10. The van der Waals surface area contributed by atoms with E-state index in [0.29, 0.717) is 17.2 Å². The van der Waals surface area contributed by atoms with E-state index in [1.165, 1.54) is 18.3 Å². The molecule has 4 rings (SSSR count). The highest BCUT2D eigenvalue weighted by molar-refractivity contribution is 7.07. The van der Waals surface area contributed by atoms with E-state index < -0.39 is 0 Å². The van der Waals surface area contributed by atoms with Crippen LogP contribution in [-0.4, -0.2) is 26.3 Å². The number of hydrogen-bond acceptors (Lipinski definition) is 5. The summed E-state index contributed by atoms with van der Waals surface area (Å²) in [6, 6.07) is 14.7. The summed E-state index contributed by atoms with van der Waals surface area (Å²) in [5, 5.41) is 7.49. The lowest BCUT2D eigenvalue weighted by atomic mass is 10.2. The maximum absolute atomic E-state index is 12.7. The Morgan fingerprint density at radius 1 is 1.04 bits per heavy atom. The first-order chi connectivity index (χ1) is 13.6. The van der Waals surface area contributed by atoms with Gasteiger partial charge in [0.1, 0.15) is 12.2 Å². The fraction of sp³-hybridized carbons (Fsp3) is 0.100. The fourth-order valence-electron chi connectivity index (χ4n) is 2.94. The Morgan fingerprint density at radius 2 is 1.75 bits per heavy atom. The SMILES string of the molecule is CC(=O)Nc1ccc(NC(=O)Cn2c(-c3cscn3)nc3ccccc32)cc1. The molecule has 4 aromatic rings. The van der Waals surface area contributed by atoms with Crippen LogP contribution in [0, 0.1) is 0 Å². The maximum atomic E-state index is 12.7. The second-order valence-corrected chi connectivity index (χ2v) is 6.91. The number of para-hydroxylation sites is 2. The minimum atomic E-state index is -0.174. The molecule has 0 bridgehead atoms. The minimum absolute atomic E-state index is 0.112. The monoisotopic (exact) mass is 391 g/mol. The third-order valence-electron chi connectivity index (χ3n) is 4.11. The molecular weight excluding hydrogens is 374 g/mol. The third kappa shape index (κ3) is 3.77. The van der Waals surface area contributed by atoms with Crippen LogP contribution < -0.4 is 10.6 Å². The first kappa shape index (κ1) is 17.9. The number of nitrogens with one attached hydrogen (secondary N) is 2. The summed E-state index contributed by atoms with van der Waals surface area (Å²) >= 11 is 1.49. The summed E-state index contributed by atoms with van der Waals surface area (Å²) in [5.41, 5.74) is 5.51. The average Bonchev–Trinajstić information content (AvgIpc) is 3.31. The molecule has 0 radical (unpaired) electrons. The predicted molar refractivity (Wildman–Crippen MR) is 110 cm³/mol. The third-order valence-corrected chi connectivity index (χ3v) is 4.69. The zero-order valence-electron chi connectivity index (χ0n) is 15.0. The van der Waals surface area contributed by atoms with Crippen LogP contribution in [0.1, 0.15) is 6.92 Å². The molecule has 0 atom stereocenters. The van der Waals surface area contributed by atoms with E-state index in [4.69, 9.17) is 0 Å². The maximum Gasteiger partial charge on any atom is 0.244 e. The van der Waals surface area contributed by atoms with Gasteiger partial charge in [-0.25, -0.2) is 9.97 Å². The smallest absolute Gasteiger partial charge is 0.244 e. The molecular formula is C20H17N5O2S. The van der Waals surface area contributed by atoms with Crippen LogP contribution in [0.15, 0.2) is 59.4 Å². The summed E-state index contributed by atoms with van der Waals surface area (Å²) in [4.78, 5) is 32.7. The zero-order valence-corrected chi connectivity index (χ0v) is 15.9. The van der Waals surface area contributed by atoms with E-state index in [1.807, 2.05) is 34.2 Å². The van der Waals surface area contributed by atoms with Crippen LogP contribution in [0.25, 0.3) is 22.6 Å². The predicted octanol–water partition coefficient (Wildman–Crippen LogP) is 3.76. The second-order valence-electron chi connectivity index (χ2n) is 6.19. The Balaban J connectivity index is 1.57. The van der Waals surface area contributed by atoms with E-state index in [2.05, 4.69) is 20.6 Å². The van der Waals surface area contributed by atoms with Gasteiger partial charge in [-0.1, -0.05) is 12.1 Å². The van der Waals surface area contributed by atoms with Gasteiger partial charge in [-0.05, 0) is 36.4 Å². The van der Waals surface area contributed by atoms with Crippen LogP contribution in [0.3, 0.4) is 0 Å².